The molecular formula is C14H26N2O5. The lowest BCUT2D eigenvalue weighted by Crippen LogP contribution is -2.51. The van der Waals surface area contributed by atoms with Crippen molar-refractivity contribution in [3.8, 4) is 0 Å². The molecule has 0 aliphatic heterocycles. The van der Waals surface area contributed by atoms with Crippen molar-refractivity contribution in [1.29, 1.82) is 0 Å². The van der Waals surface area contributed by atoms with Crippen LogP contribution < -0.4 is 10.6 Å². The van der Waals surface area contributed by atoms with Crippen LogP contribution in [0.4, 0.5) is 0 Å². The van der Waals surface area contributed by atoms with Gasteiger partial charge in [-0.15, -0.1) is 0 Å². The Balaban J connectivity index is 4.56. The molecule has 0 rings (SSSR count). The minimum absolute atomic E-state index is 0.105. The van der Waals surface area contributed by atoms with E-state index in [1.807, 2.05) is 27.7 Å². The molecule has 0 radical (unpaired) electrons. The third-order valence-electron chi connectivity index (χ3n) is 2.88. The van der Waals surface area contributed by atoms with Gasteiger partial charge in [0.05, 0.1) is 6.54 Å². The maximum Gasteiger partial charge on any atom is 0.334 e. The Hall–Kier alpha value is -1.63. The largest absolute Gasteiger partial charge is 0.479 e. The van der Waals surface area contributed by atoms with Crippen LogP contribution in [0, 0.1) is 11.8 Å². The fraction of sp³-hybridized carbons (Fsp3) is 0.786. The second-order valence-corrected chi connectivity index (χ2v) is 5.69. The van der Waals surface area contributed by atoms with Crippen LogP contribution in [0.15, 0.2) is 0 Å². The molecule has 0 bridgehead atoms. The molecule has 0 spiro atoms. The van der Waals surface area contributed by atoms with E-state index in [4.69, 9.17) is 9.84 Å². The van der Waals surface area contributed by atoms with Crippen molar-refractivity contribution in [2.24, 2.45) is 11.8 Å². The summed E-state index contributed by atoms with van der Waals surface area (Å²) in [6, 6.07) is -0.692. The van der Waals surface area contributed by atoms with E-state index in [0.717, 1.165) is 0 Å². The first kappa shape index (κ1) is 19.4. The summed E-state index contributed by atoms with van der Waals surface area (Å²) in [5.41, 5.74) is 0. The number of aliphatic carboxylic acids is 1. The van der Waals surface area contributed by atoms with E-state index in [1.54, 1.807) is 0 Å². The Morgan fingerprint density at radius 1 is 1.14 bits per heavy atom. The summed E-state index contributed by atoms with van der Waals surface area (Å²) >= 11 is 0. The standard InChI is InChI=1S/C14H26N2O5/c1-8(2)6-11(17)16-12(9(3)4)13(18)15-7-10(21-5)14(19)20/h8-10,12H,6-7H2,1-5H3,(H,15,18)(H,16,17)(H,19,20). The molecule has 2 unspecified atom stereocenters. The van der Waals surface area contributed by atoms with Gasteiger partial charge in [-0.1, -0.05) is 27.7 Å². The second kappa shape index (κ2) is 9.33. The molecule has 7 heteroatoms. The first-order chi connectivity index (χ1) is 9.68. The lowest BCUT2D eigenvalue weighted by molar-refractivity contribution is -0.148. The third-order valence-corrected chi connectivity index (χ3v) is 2.88. The maximum atomic E-state index is 12.1. The summed E-state index contributed by atoms with van der Waals surface area (Å²) in [7, 11) is 1.26. The average molecular weight is 302 g/mol. The highest BCUT2D eigenvalue weighted by atomic mass is 16.5. The molecule has 122 valence electrons. The zero-order valence-corrected chi connectivity index (χ0v) is 13.3. The van der Waals surface area contributed by atoms with E-state index in [2.05, 4.69) is 10.6 Å². The topological polar surface area (TPSA) is 105 Å². The Bertz CT molecular complexity index is 368. The molecule has 0 fully saturated rings. The van der Waals surface area contributed by atoms with Crippen LogP contribution in [0.5, 0.6) is 0 Å². The number of nitrogens with one attached hydrogen (secondary N) is 2. The first-order valence-corrected chi connectivity index (χ1v) is 7.01. The summed E-state index contributed by atoms with van der Waals surface area (Å²) in [4.78, 5) is 34.6. The van der Waals surface area contributed by atoms with E-state index < -0.39 is 24.0 Å². The van der Waals surface area contributed by atoms with Crippen LogP contribution in [-0.4, -0.2) is 48.7 Å². The molecule has 2 amide bonds. The van der Waals surface area contributed by atoms with Crippen molar-refractivity contribution < 1.29 is 24.2 Å². The van der Waals surface area contributed by atoms with Gasteiger partial charge < -0.3 is 20.5 Å². The normalized spacial score (nSPS) is 13.9. The van der Waals surface area contributed by atoms with Gasteiger partial charge >= 0.3 is 5.97 Å². The van der Waals surface area contributed by atoms with Gasteiger partial charge in [0, 0.05) is 13.5 Å². The number of carboxylic acids is 1. The summed E-state index contributed by atoms with van der Waals surface area (Å²) in [5, 5.41) is 14.0. The van der Waals surface area contributed by atoms with E-state index >= 15 is 0 Å². The molecule has 0 saturated carbocycles. The zero-order valence-electron chi connectivity index (χ0n) is 13.3. The fourth-order valence-electron chi connectivity index (χ4n) is 1.71. The molecule has 0 aliphatic rings. The number of carboxylic acid groups (broad SMARTS) is 1. The molecule has 0 aromatic carbocycles. The Morgan fingerprint density at radius 2 is 1.71 bits per heavy atom. The molecule has 3 N–H and O–H groups in total. The number of ether oxygens (including phenoxy) is 1. The van der Waals surface area contributed by atoms with Gasteiger partial charge in [0.25, 0.3) is 0 Å². The second-order valence-electron chi connectivity index (χ2n) is 5.69. The van der Waals surface area contributed by atoms with Crippen molar-refractivity contribution >= 4 is 17.8 Å². The third kappa shape index (κ3) is 7.65. The van der Waals surface area contributed by atoms with Gasteiger partial charge in [0.1, 0.15) is 6.04 Å². The first-order valence-electron chi connectivity index (χ1n) is 7.01. The van der Waals surface area contributed by atoms with Crippen molar-refractivity contribution in [1.82, 2.24) is 10.6 Å². The lowest BCUT2D eigenvalue weighted by atomic mass is 10.0. The van der Waals surface area contributed by atoms with Gasteiger partial charge in [-0.05, 0) is 11.8 Å². The summed E-state index contributed by atoms with van der Waals surface area (Å²) in [6.45, 7) is 7.31. The lowest BCUT2D eigenvalue weighted by Gasteiger charge is -2.23. The molecule has 0 aliphatic carbocycles. The maximum absolute atomic E-state index is 12.1. The molecule has 7 nitrogen and oxygen atoms in total. The fourth-order valence-corrected chi connectivity index (χ4v) is 1.71. The predicted octanol–water partition coefficient (Wildman–Crippen LogP) is 0.389. The van der Waals surface area contributed by atoms with Crippen LogP contribution in [0.2, 0.25) is 0 Å². The number of carbonyl (C=O) groups excluding carboxylic acids is 2. The number of amides is 2. The molecular weight excluding hydrogens is 276 g/mol. The van der Waals surface area contributed by atoms with Gasteiger partial charge in [-0.25, -0.2) is 4.79 Å². The van der Waals surface area contributed by atoms with Crippen molar-refractivity contribution in [2.75, 3.05) is 13.7 Å². The molecule has 0 heterocycles. The molecule has 2 atom stereocenters. The quantitative estimate of drug-likeness (QED) is 0.571. The zero-order chi connectivity index (χ0) is 16.6. The molecule has 0 aromatic rings. The Labute approximate surface area is 125 Å². The predicted molar refractivity (Wildman–Crippen MR) is 77.7 cm³/mol. The highest BCUT2D eigenvalue weighted by Crippen LogP contribution is 2.05. The van der Waals surface area contributed by atoms with Gasteiger partial charge in [-0.2, -0.15) is 0 Å². The number of carbonyl (C=O) groups is 3. The summed E-state index contributed by atoms with van der Waals surface area (Å²) in [6.07, 6.45) is -0.764. The van der Waals surface area contributed by atoms with Gasteiger partial charge in [-0.3, -0.25) is 9.59 Å². The number of methoxy groups -OCH3 is 1. The van der Waals surface area contributed by atoms with Crippen LogP contribution in [0.3, 0.4) is 0 Å². The van der Waals surface area contributed by atoms with Gasteiger partial charge in [0.15, 0.2) is 6.10 Å². The highest BCUT2D eigenvalue weighted by Gasteiger charge is 2.26. The van der Waals surface area contributed by atoms with E-state index in [9.17, 15) is 14.4 Å². The Morgan fingerprint density at radius 3 is 2.10 bits per heavy atom. The highest BCUT2D eigenvalue weighted by molar-refractivity contribution is 5.88. The van der Waals surface area contributed by atoms with Crippen LogP contribution in [0.1, 0.15) is 34.1 Å². The number of hydrogen-bond donors (Lipinski definition) is 3. The van der Waals surface area contributed by atoms with Crippen LogP contribution in [-0.2, 0) is 19.1 Å². The molecule has 0 aromatic heterocycles. The molecule has 0 saturated heterocycles. The van der Waals surface area contributed by atoms with Crippen LogP contribution >= 0.6 is 0 Å². The van der Waals surface area contributed by atoms with Crippen LogP contribution in [0.25, 0.3) is 0 Å². The number of rotatable bonds is 9. The minimum Gasteiger partial charge on any atom is -0.479 e. The van der Waals surface area contributed by atoms with E-state index in [0.29, 0.717) is 6.42 Å². The van der Waals surface area contributed by atoms with Crippen molar-refractivity contribution in [3.63, 3.8) is 0 Å². The average Bonchev–Trinajstić information content (AvgIpc) is 2.34. The summed E-state index contributed by atoms with van der Waals surface area (Å²) < 4.78 is 4.73. The monoisotopic (exact) mass is 302 g/mol. The minimum atomic E-state index is -1.15. The van der Waals surface area contributed by atoms with E-state index in [-0.39, 0.29) is 24.3 Å². The van der Waals surface area contributed by atoms with E-state index in [1.165, 1.54) is 7.11 Å². The smallest absolute Gasteiger partial charge is 0.334 e. The van der Waals surface area contributed by atoms with Crippen molar-refractivity contribution in [2.45, 2.75) is 46.3 Å². The SMILES string of the molecule is COC(CNC(=O)C(NC(=O)CC(C)C)C(C)C)C(=O)O. The van der Waals surface area contributed by atoms with Gasteiger partial charge in [0.2, 0.25) is 11.8 Å². The molecule has 21 heavy (non-hydrogen) atoms. The summed E-state index contributed by atoms with van der Waals surface area (Å²) in [5.74, 6) is -1.66. The Kier molecular flexibility index (Phi) is 8.61. The number of hydrogen-bond acceptors (Lipinski definition) is 4. The van der Waals surface area contributed by atoms with Crippen molar-refractivity contribution in [3.05, 3.63) is 0 Å².